The van der Waals surface area contributed by atoms with Crippen LogP contribution in [0.15, 0.2) is 12.1 Å². The van der Waals surface area contributed by atoms with Crippen LogP contribution in [0, 0.1) is 5.92 Å². The molecular weight excluding hydrogens is 304 g/mol. The third-order valence-electron chi connectivity index (χ3n) is 5.04. The number of hydrogen-bond acceptors (Lipinski definition) is 3. The van der Waals surface area contributed by atoms with Gasteiger partial charge in [0, 0.05) is 37.2 Å². The summed E-state index contributed by atoms with van der Waals surface area (Å²) in [6.45, 7) is 7.21. The lowest BCUT2D eigenvalue weighted by Gasteiger charge is -2.25. The van der Waals surface area contributed by atoms with Crippen molar-refractivity contribution in [1.29, 1.82) is 0 Å². The van der Waals surface area contributed by atoms with Crippen molar-refractivity contribution in [1.82, 2.24) is 10.2 Å². The highest BCUT2D eigenvalue weighted by Crippen LogP contribution is 2.36. The number of amides is 2. The summed E-state index contributed by atoms with van der Waals surface area (Å²) in [4.78, 5) is 14.2. The van der Waals surface area contributed by atoms with Gasteiger partial charge >= 0.3 is 6.03 Å². The SMILES string of the molecule is CCOc1cc2c(cc1CNC(=O)N(C)C(C)C1CC1)OC(C)C2. The van der Waals surface area contributed by atoms with E-state index in [1.54, 1.807) is 0 Å². The molecule has 0 radical (unpaired) electrons. The van der Waals surface area contributed by atoms with Crippen LogP contribution in [-0.4, -0.2) is 36.7 Å². The average molecular weight is 332 g/mol. The van der Waals surface area contributed by atoms with Crippen LogP contribution in [-0.2, 0) is 13.0 Å². The molecule has 0 saturated heterocycles. The number of fused-ring (bicyclic) bond motifs is 1. The number of benzene rings is 1. The van der Waals surface area contributed by atoms with Gasteiger partial charge in [0.1, 0.15) is 17.6 Å². The zero-order valence-corrected chi connectivity index (χ0v) is 15.1. The topological polar surface area (TPSA) is 50.8 Å². The highest BCUT2D eigenvalue weighted by Gasteiger charge is 2.32. The lowest BCUT2D eigenvalue weighted by atomic mass is 10.1. The van der Waals surface area contributed by atoms with Crippen LogP contribution in [0.5, 0.6) is 11.5 Å². The van der Waals surface area contributed by atoms with Gasteiger partial charge in [0.15, 0.2) is 0 Å². The monoisotopic (exact) mass is 332 g/mol. The quantitative estimate of drug-likeness (QED) is 0.869. The number of nitrogens with one attached hydrogen (secondary N) is 1. The van der Waals surface area contributed by atoms with Crippen molar-refractivity contribution in [3.8, 4) is 11.5 Å². The van der Waals surface area contributed by atoms with E-state index in [-0.39, 0.29) is 12.1 Å². The van der Waals surface area contributed by atoms with E-state index in [1.807, 2.05) is 24.9 Å². The summed E-state index contributed by atoms with van der Waals surface area (Å²) < 4.78 is 11.6. The second-order valence-corrected chi connectivity index (χ2v) is 6.98. The van der Waals surface area contributed by atoms with Crippen LogP contribution in [0.25, 0.3) is 0 Å². The Labute approximate surface area is 144 Å². The maximum atomic E-state index is 12.4. The fourth-order valence-corrected chi connectivity index (χ4v) is 3.28. The molecule has 1 saturated carbocycles. The molecule has 1 aliphatic carbocycles. The third kappa shape index (κ3) is 3.60. The zero-order chi connectivity index (χ0) is 17.3. The molecule has 24 heavy (non-hydrogen) atoms. The van der Waals surface area contributed by atoms with E-state index in [1.165, 1.54) is 18.4 Å². The van der Waals surface area contributed by atoms with E-state index in [9.17, 15) is 4.79 Å². The fraction of sp³-hybridized carbons (Fsp3) is 0.632. The summed E-state index contributed by atoms with van der Waals surface area (Å²) >= 11 is 0. The van der Waals surface area contributed by atoms with E-state index in [0.717, 1.165) is 23.5 Å². The van der Waals surface area contributed by atoms with Crippen molar-refractivity contribution in [2.24, 2.45) is 5.92 Å². The number of carbonyl (C=O) groups is 1. The van der Waals surface area contributed by atoms with E-state index >= 15 is 0 Å². The van der Waals surface area contributed by atoms with Gasteiger partial charge in [0.2, 0.25) is 0 Å². The first-order valence-corrected chi connectivity index (χ1v) is 8.95. The summed E-state index contributed by atoms with van der Waals surface area (Å²) in [5, 5.41) is 3.01. The second-order valence-electron chi connectivity index (χ2n) is 6.98. The standard InChI is InChI=1S/C19H28N2O3/c1-5-23-17-9-15-8-12(2)24-18(15)10-16(17)11-20-19(22)21(4)13(3)14-6-7-14/h9-10,12-14H,5-8,11H2,1-4H3,(H,20,22). The molecule has 0 spiro atoms. The van der Waals surface area contributed by atoms with Crippen molar-refractivity contribution in [3.05, 3.63) is 23.3 Å². The molecule has 5 heteroatoms. The van der Waals surface area contributed by atoms with E-state index in [2.05, 4.69) is 25.2 Å². The zero-order valence-electron chi connectivity index (χ0n) is 15.1. The molecule has 1 aromatic carbocycles. The van der Waals surface area contributed by atoms with Crippen LogP contribution in [0.3, 0.4) is 0 Å². The first-order valence-electron chi connectivity index (χ1n) is 8.95. The third-order valence-corrected chi connectivity index (χ3v) is 5.04. The van der Waals surface area contributed by atoms with Gasteiger partial charge in [-0.15, -0.1) is 0 Å². The number of rotatable bonds is 6. The molecule has 2 amide bonds. The van der Waals surface area contributed by atoms with Crippen LogP contribution >= 0.6 is 0 Å². The van der Waals surface area contributed by atoms with E-state index in [4.69, 9.17) is 9.47 Å². The molecule has 1 aromatic rings. The molecule has 1 fully saturated rings. The maximum absolute atomic E-state index is 12.4. The molecular formula is C19H28N2O3. The Bertz CT molecular complexity index is 613. The molecule has 3 rings (SSSR count). The van der Waals surface area contributed by atoms with Crippen LogP contribution in [0.2, 0.25) is 0 Å². The van der Waals surface area contributed by atoms with E-state index < -0.39 is 0 Å². The predicted molar refractivity (Wildman–Crippen MR) is 93.6 cm³/mol. The minimum atomic E-state index is -0.0355. The predicted octanol–water partition coefficient (Wildman–Crippen LogP) is 3.35. The fourth-order valence-electron chi connectivity index (χ4n) is 3.28. The van der Waals surface area contributed by atoms with Gasteiger partial charge in [-0.2, -0.15) is 0 Å². The van der Waals surface area contributed by atoms with Crippen molar-refractivity contribution in [3.63, 3.8) is 0 Å². The van der Waals surface area contributed by atoms with Crippen molar-refractivity contribution >= 4 is 6.03 Å². The Balaban J connectivity index is 1.67. The lowest BCUT2D eigenvalue weighted by molar-refractivity contribution is 0.187. The first-order chi connectivity index (χ1) is 11.5. The van der Waals surface area contributed by atoms with E-state index in [0.29, 0.717) is 25.1 Å². The van der Waals surface area contributed by atoms with Crippen molar-refractivity contribution in [2.75, 3.05) is 13.7 Å². The van der Waals surface area contributed by atoms with Crippen LogP contribution in [0.4, 0.5) is 4.79 Å². The lowest BCUT2D eigenvalue weighted by Crippen LogP contribution is -2.43. The molecule has 1 heterocycles. The van der Waals surface area contributed by atoms with Gasteiger partial charge in [-0.05, 0) is 51.7 Å². The Morgan fingerprint density at radius 3 is 2.88 bits per heavy atom. The molecule has 0 bridgehead atoms. The van der Waals surface area contributed by atoms with Gasteiger partial charge in [-0.25, -0.2) is 4.79 Å². The molecule has 2 atom stereocenters. The Hall–Kier alpha value is -1.91. The maximum Gasteiger partial charge on any atom is 0.317 e. The highest BCUT2D eigenvalue weighted by atomic mass is 16.5. The minimum absolute atomic E-state index is 0.0355. The van der Waals surface area contributed by atoms with Gasteiger partial charge in [-0.3, -0.25) is 0 Å². The summed E-state index contributed by atoms with van der Waals surface area (Å²) in [5.41, 5.74) is 2.14. The van der Waals surface area contributed by atoms with Crippen molar-refractivity contribution in [2.45, 2.75) is 58.7 Å². The molecule has 132 valence electrons. The second kappa shape index (κ2) is 6.91. The molecule has 1 aliphatic heterocycles. The number of urea groups is 1. The van der Waals surface area contributed by atoms with Crippen LogP contribution in [0.1, 0.15) is 44.7 Å². The molecule has 5 nitrogen and oxygen atoms in total. The number of nitrogens with zero attached hydrogens (tertiary/aromatic N) is 1. The molecule has 2 unspecified atom stereocenters. The summed E-state index contributed by atoms with van der Waals surface area (Å²) in [6, 6.07) is 4.32. The van der Waals surface area contributed by atoms with Gasteiger partial charge < -0.3 is 19.7 Å². The molecule has 0 aromatic heterocycles. The van der Waals surface area contributed by atoms with Gasteiger partial charge in [0.25, 0.3) is 0 Å². The Morgan fingerprint density at radius 1 is 1.46 bits per heavy atom. The van der Waals surface area contributed by atoms with Crippen molar-refractivity contribution < 1.29 is 14.3 Å². The largest absolute Gasteiger partial charge is 0.494 e. The minimum Gasteiger partial charge on any atom is -0.494 e. The Kier molecular flexibility index (Phi) is 4.88. The average Bonchev–Trinajstić information content (AvgIpc) is 3.33. The molecule has 2 aliphatic rings. The normalized spacial score (nSPS) is 20.1. The number of hydrogen-bond donors (Lipinski definition) is 1. The Morgan fingerprint density at radius 2 is 2.21 bits per heavy atom. The number of ether oxygens (including phenoxy) is 2. The number of carbonyl (C=O) groups excluding carboxylic acids is 1. The summed E-state index contributed by atoms with van der Waals surface area (Å²) in [6.07, 6.45) is 3.56. The highest BCUT2D eigenvalue weighted by molar-refractivity contribution is 5.74. The smallest absolute Gasteiger partial charge is 0.317 e. The summed E-state index contributed by atoms with van der Waals surface area (Å²) in [7, 11) is 1.87. The van der Waals surface area contributed by atoms with Gasteiger partial charge in [0.05, 0.1) is 6.61 Å². The first kappa shape index (κ1) is 16.9. The summed E-state index contributed by atoms with van der Waals surface area (Å²) in [5.74, 6) is 2.41. The van der Waals surface area contributed by atoms with Crippen LogP contribution < -0.4 is 14.8 Å². The molecule has 1 N–H and O–H groups in total. The van der Waals surface area contributed by atoms with Gasteiger partial charge in [-0.1, -0.05) is 0 Å².